The molecule has 1 aliphatic rings. The van der Waals surface area contributed by atoms with Gasteiger partial charge in [-0.05, 0) is 31.9 Å². The van der Waals surface area contributed by atoms with E-state index in [1.807, 2.05) is 31.2 Å². The minimum atomic E-state index is 0.0210. The first kappa shape index (κ1) is 15.0. The van der Waals surface area contributed by atoms with E-state index >= 15 is 0 Å². The molecule has 0 heterocycles. The van der Waals surface area contributed by atoms with Crippen LogP contribution in [0.3, 0.4) is 0 Å². The van der Waals surface area contributed by atoms with E-state index < -0.39 is 0 Å². The SMILES string of the molecule is Cc1ccc(C(=O)NCCNC2CCCCCC2)cc1. The van der Waals surface area contributed by atoms with Gasteiger partial charge in [-0.15, -0.1) is 0 Å². The van der Waals surface area contributed by atoms with E-state index in [0.717, 1.165) is 12.1 Å². The molecule has 0 unspecified atom stereocenters. The van der Waals surface area contributed by atoms with Gasteiger partial charge in [-0.3, -0.25) is 4.79 Å². The highest BCUT2D eigenvalue weighted by Crippen LogP contribution is 2.16. The third-order valence-corrected chi connectivity index (χ3v) is 4.01. The number of hydrogen-bond acceptors (Lipinski definition) is 2. The smallest absolute Gasteiger partial charge is 0.251 e. The van der Waals surface area contributed by atoms with Crippen LogP contribution in [0.15, 0.2) is 24.3 Å². The lowest BCUT2D eigenvalue weighted by Crippen LogP contribution is -2.36. The first-order valence-corrected chi connectivity index (χ1v) is 7.84. The molecule has 2 N–H and O–H groups in total. The molecule has 3 nitrogen and oxygen atoms in total. The second-order valence-corrected chi connectivity index (χ2v) is 5.76. The largest absolute Gasteiger partial charge is 0.351 e. The van der Waals surface area contributed by atoms with Gasteiger partial charge in [-0.2, -0.15) is 0 Å². The van der Waals surface area contributed by atoms with E-state index in [1.54, 1.807) is 0 Å². The van der Waals surface area contributed by atoms with Crippen LogP contribution in [0, 0.1) is 6.92 Å². The Morgan fingerprint density at radius 3 is 2.35 bits per heavy atom. The van der Waals surface area contributed by atoms with Gasteiger partial charge < -0.3 is 10.6 Å². The predicted molar refractivity (Wildman–Crippen MR) is 83.0 cm³/mol. The molecule has 1 aromatic rings. The fourth-order valence-electron chi connectivity index (χ4n) is 2.74. The van der Waals surface area contributed by atoms with Crippen LogP contribution in [0.4, 0.5) is 0 Å². The maximum Gasteiger partial charge on any atom is 0.251 e. The first-order valence-electron chi connectivity index (χ1n) is 7.84. The van der Waals surface area contributed by atoms with Crippen molar-refractivity contribution in [3.63, 3.8) is 0 Å². The van der Waals surface area contributed by atoms with Gasteiger partial charge in [0.05, 0.1) is 0 Å². The Labute approximate surface area is 122 Å². The molecule has 2 rings (SSSR count). The van der Waals surface area contributed by atoms with Gasteiger partial charge in [-0.1, -0.05) is 43.4 Å². The highest BCUT2D eigenvalue weighted by atomic mass is 16.1. The van der Waals surface area contributed by atoms with Gasteiger partial charge in [0.2, 0.25) is 0 Å². The highest BCUT2D eigenvalue weighted by molar-refractivity contribution is 5.94. The van der Waals surface area contributed by atoms with Gasteiger partial charge >= 0.3 is 0 Å². The Hall–Kier alpha value is -1.35. The van der Waals surface area contributed by atoms with Gasteiger partial charge in [0.1, 0.15) is 0 Å². The number of aryl methyl sites for hydroxylation is 1. The monoisotopic (exact) mass is 274 g/mol. The fourth-order valence-corrected chi connectivity index (χ4v) is 2.74. The number of nitrogens with one attached hydrogen (secondary N) is 2. The summed E-state index contributed by atoms with van der Waals surface area (Å²) in [5, 5.41) is 6.53. The molecule has 20 heavy (non-hydrogen) atoms. The van der Waals surface area contributed by atoms with Crippen molar-refractivity contribution in [3.05, 3.63) is 35.4 Å². The van der Waals surface area contributed by atoms with Crippen molar-refractivity contribution in [1.29, 1.82) is 0 Å². The zero-order valence-electron chi connectivity index (χ0n) is 12.5. The van der Waals surface area contributed by atoms with Crippen LogP contribution in [-0.4, -0.2) is 25.0 Å². The Morgan fingerprint density at radius 2 is 1.70 bits per heavy atom. The lowest BCUT2D eigenvalue weighted by Gasteiger charge is -2.16. The zero-order chi connectivity index (χ0) is 14.2. The summed E-state index contributed by atoms with van der Waals surface area (Å²) in [6, 6.07) is 8.35. The minimum absolute atomic E-state index is 0.0210. The van der Waals surface area contributed by atoms with E-state index in [1.165, 1.54) is 44.1 Å². The van der Waals surface area contributed by atoms with Crippen LogP contribution in [0.1, 0.15) is 54.4 Å². The summed E-state index contributed by atoms with van der Waals surface area (Å²) in [4.78, 5) is 11.9. The number of amides is 1. The van der Waals surface area contributed by atoms with E-state index in [-0.39, 0.29) is 5.91 Å². The van der Waals surface area contributed by atoms with Crippen molar-refractivity contribution in [2.24, 2.45) is 0 Å². The molecule has 1 aliphatic carbocycles. The maximum atomic E-state index is 11.9. The van der Waals surface area contributed by atoms with Crippen molar-refractivity contribution in [1.82, 2.24) is 10.6 Å². The summed E-state index contributed by atoms with van der Waals surface area (Å²) in [7, 11) is 0. The fraction of sp³-hybridized carbons (Fsp3) is 0.588. The molecule has 0 aliphatic heterocycles. The first-order chi connectivity index (χ1) is 9.75. The van der Waals surface area contributed by atoms with Crippen molar-refractivity contribution >= 4 is 5.91 Å². The van der Waals surface area contributed by atoms with Gasteiger partial charge in [-0.25, -0.2) is 0 Å². The van der Waals surface area contributed by atoms with Crippen LogP contribution in [0.5, 0.6) is 0 Å². The molecule has 1 fully saturated rings. The van der Waals surface area contributed by atoms with Crippen LogP contribution < -0.4 is 10.6 Å². The number of carbonyl (C=O) groups excluding carboxylic acids is 1. The molecule has 0 aromatic heterocycles. The Balaban J connectivity index is 1.65. The molecule has 3 heteroatoms. The van der Waals surface area contributed by atoms with Crippen molar-refractivity contribution < 1.29 is 4.79 Å². The molecule has 1 aromatic carbocycles. The van der Waals surface area contributed by atoms with Crippen LogP contribution in [0.2, 0.25) is 0 Å². The predicted octanol–water partition coefficient (Wildman–Crippen LogP) is 3.04. The molecule has 0 spiro atoms. The van der Waals surface area contributed by atoms with Crippen molar-refractivity contribution in [2.45, 2.75) is 51.5 Å². The topological polar surface area (TPSA) is 41.1 Å². The van der Waals surface area contributed by atoms with Crippen LogP contribution >= 0.6 is 0 Å². The lowest BCUT2D eigenvalue weighted by atomic mass is 10.1. The van der Waals surface area contributed by atoms with Crippen molar-refractivity contribution in [3.8, 4) is 0 Å². The van der Waals surface area contributed by atoms with E-state index in [2.05, 4.69) is 10.6 Å². The highest BCUT2D eigenvalue weighted by Gasteiger charge is 2.11. The molecular formula is C17H26N2O. The van der Waals surface area contributed by atoms with Gasteiger partial charge in [0.15, 0.2) is 0 Å². The number of carbonyl (C=O) groups is 1. The third kappa shape index (κ3) is 4.97. The molecule has 1 amide bonds. The normalized spacial score (nSPS) is 16.6. The molecule has 0 atom stereocenters. The molecule has 0 bridgehead atoms. The average molecular weight is 274 g/mol. The van der Waals surface area contributed by atoms with Crippen molar-refractivity contribution in [2.75, 3.05) is 13.1 Å². The van der Waals surface area contributed by atoms with Crippen LogP contribution in [-0.2, 0) is 0 Å². The summed E-state index contributed by atoms with van der Waals surface area (Å²) in [5.74, 6) is 0.0210. The van der Waals surface area contributed by atoms with Crippen LogP contribution in [0.25, 0.3) is 0 Å². The molecular weight excluding hydrogens is 248 g/mol. The average Bonchev–Trinajstić information content (AvgIpc) is 2.73. The van der Waals surface area contributed by atoms with E-state index in [4.69, 9.17) is 0 Å². The molecule has 110 valence electrons. The lowest BCUT2D eigenvalue weighted by molar-refractivity contribution is 0.0953. The standard InChI is InChI=1S/C17H26N2O/c1-14-8-10-15(11-9-14)17(20)19-13-12-18-16-6-4-2-3-5-7-16/h8-11,16,18H,2-7,12-13H2,1H3,(H,19,20). The Bertz CT molecular complexity index is 406. The zero-order valence-corrected chi connectivity index (χ0v) is 12.5. The van der Waals surface area contributed by atoms with E-state index in [9.17, 15) is 4.79 Å². The second kappa shape index (κ2) is 8.05. The minimum Gasteiger partial charge on any atom is -0.351 e. The second-order valence-electron chi connectivity index (χ2n) is 5.76. The number of rotatable bonds is 5. The number of benzene rings is 1. The summed E-state index contributed by atoms with van der Waals surface area (Å²) in [5.41, 5.74) is 1.92. The molecule has 0 saturated heterocycles. The molecule has 0 radical (unpaired) electrons. The van der Waals surface area contributed by atoms with Gasteiger partial charge in [0, 0.05) is 24.7 Å². The Morgan fingerprint density at radius 1 is 1.05 bits per heavy atom. The third-order valence-electron chi connectivity index (χ3n) is 4.01. The summed E-state index contributed by atoms with van der Waals surface area (Å²) in [6.07, 6.45) is 8.00. The maximum absolute atomic E-state index is 11.9. The number of hydrogen-bond donors (Lipinski definition) is 2. The molecule has 1 saturated carbocycles. The summed E-state index contributed by atoms with van der Waals surface area (Å²) >= 11 is 0. The Kier molecular flexibility index (Phi) is 6.06. The summed E-state index contributed by atoms with van der Waals surface area (Å²) < 4.78 is 0. The summed E-state index contributed by atoms with van der Waals surface area (Å²) in [6.45, 7) is 3.59. The van der Waals surface area contributed by atoms with E-state index in [0.29, 0.717) is 12.6 Å². The van der Waals surface area contributed by atoms with Gasteiger partial charge in [0.25, 0.3) is 5.91 Å². The quantitative estimate of drug-likeness (QED) is 0.640.